The lowest BCUT2D eigenvalue weighted by Crippen LogP contribution is -2.12. The summed E-state index contributed by atoms with van der Waals surface area (Å²) in [6, 6.07) is 0. The minimum atomic E-state index is -3.03. The molecule has 0 amide bonds. The maximum atomic E-state index is 11.5. The minimum absolute atomic E-state index is 0.00702. The molecule has 0 aromatic carbocycles. The van der Waals surface area contributed by atoms with Crippen LogP contribution in [0.2, 0.25) is 0 Å². The summed E-state index contributed by atoms with van der Waals surface area (Å²) in [5.74, 6) is -0.721. The van der Waals surface area contributed by atoms with Crippen LogP contribution in [0.25, 0.3) is 0 Å². The van der Waals surface area contributed by atoms with Gasteiger partial charge in [0.2, 0.25) is 0 Å². The Kier molecular flexibility index (Phi) is 8.25. The largest absolute Gasteiger partial charge is 0.481 e. The number of hydrogen-bond donors (Lipinski definition) is 1. The topological polar surface area (TPSA) is 71.4 Å². The van der Waals surface area contributed by atoms with Gasteiger partial charge in [-0.15, -0.1) is 0 Å². The van der Waals surface area contributed by atoms with Crippen LogP contribution in [0, 0.1) is 0 Å². The molecular formula is C11H22O4S. The van der Waals surface area contributed by atoms with Gasteiger partial charge in [-0.05, 0) is 12.8 Å². The fraction of sp³-hybridized carbons (Fsp3) is 0.909. The lowest BCUT2D eigenvalue weighted by atomic mass is 10.2. The van der Waals surface area contributed by atoms with Crippen LogP contribution in [0.5, 0.6) is 0 Å². The van der Waals surface area contributed by atoms with Crippen LogP contribution < -0.4 is 0 Å². The van der Waals surface area contributed by atoms with E-state index in [9.17, 15) is 13.2 Å². The van der Waals surface area contributed by atoms with Crippen molar-refractivity contribution in [1.82, 2.24) is 0 Å². The summed E-state index contributed by atoms with van der Waals surface area (Å²) in [5, 5.41) is 8.39. The lowest BCUT2D eigenvalue weighted by Gasteiger charge is -2.03. The summed E-state index contributed by atoms with van der Waals surface area (Å²) in [4.78, 5) is 10.2. The third-order valence-corrected chi connectivity index (χ3v) is 4.23. The molecule has 16 heavy (non-hydrogen) atoms. The van der Waals surface area contributed by atoms with E-state index in [0.717, 1.165) is 25.7 Å². The number of sulfone groups is 1. The molecule has 0 aromatic rings. The smallest absolute Gasteiger partial charge is 0.303 e. The second-order valence-electron chi connectivity index (χ2n) is 4.06. The van der Waals surface area contributed by atoms with Crippen molar-refractivity contribution in [2.24, 2.45) is 0 Å². The zero-order chi connectivity index (χ0) is 12.4. The Morgan fingerprint density at radius 1 is 1.00 bits per heavy atom. The molecule has 0 radical (unpaired) electrons. The van der Waals surface area contributed by atoms with Gasteiger partial charge in [-0.3, -0.25) is 4.79 Å². The molecule has 0 saturated heterocycles. The monoisotopic (exact) mass is 250 g/mol. The minimum Gasteiger partial charge on any atom is -0.481 e. The van der Waals surface area contributed by atoms with E-state index in [4.69, 9.17) is 5.11 Å². The fourth-order valence-electron chi connectivity index (χ4n) is 1.47. The second kappa shape index (κ2) is 8.56. The van der Waals surface area contributed by atoms with Crippen molar-refractivity contribution in [2.45, 2.75) is 51.9 Å². The zero-order valence-electron chi connectivity index (χ0n) is 9.94. The third-order valence-electron chi connectivity index (χ3n) is 2.40. The van der Waals surface area contributed by atoms with Crippen LogP contribution in [0.1, 0.15) is 51.9 Å². The van der Waals surface area contributed by atoms with Crippen LogP contribution >= 0.6 is 0 Å². The van der Waals surface area contributed by atoms with Gasteiger partial charge in [0.15, 0.2) is 0 Å². The Bertz CT molecular complexity index is 282. The zero-order valence-corrected chi connectivity index (χ0v) is 10.8. The number of carboxylic acid groups (broad SMARTS) is 1. The highest BCUT2D eigenvalue weighted by molar-refractivity contribution is 7.91. The van der Waals surface area contributed by atoms with Crippen molar-refractivity contribution in [3.8, 4) is 0 Å². The summed E-state index contributed by atoms with van der Waals surface area (Å²) in [6.07, 6.45) is 5.20. The molecule has 1 N–H and O–H groups in total. The molecule has 0 spiro atoms. The van der Waals surface area contributed by atoms with Crippen molar-refractivity contribution >= 4 is 15.8 Å². The molecule has 96 valence electrons. The normalized spacial score (nSPS) is 11.6. The Morgan fingerprint density at radius 3 is 2.12 bits per heavy atom. The SMILES string of the molecule is CCCCCCCS(=O)(=O)CCCC(=O)O. The van der Waals surface area contributed by atoms with Crippen molar-refractivity contribution in [3.05, 3.63) is 0 Å². The Hall–Kier alpha value is -0.580. The van der Waals surface area contributed by atoms with Crippen molar-refractivity contribution in [2.75, 3.05) is 11.5 Å². The first kappa shape index (κ1) is 15.4. The van der Waals surface area contributed by atoms with Crippen molar-refractivity contribution in [1.29, 1.82) is 0 Å². The standard InChI is InChI=1S/C11H22O4S/c1-2-3-4-5-6-9-16(14,15)10-7-8-11(12)13/h2-10H2,1H3,(H,12,13). The van der Waals surface area contributed by atoms with Gasteiger partial charge < -0.3 is 5.11 Å². The van der Waals surface area contributed by atoms with Gasteiger partial charge in [0.05, 0.1) is 11.5 Å². The number of rotatable bonds is 10. The maximum Gasteiger partial charge on any atom is 0.303 e. The molecule has 5 heteroatoms. The third kappa shape index (κ3) is 9.96. The predicted molar refractivity (Wildman–Crippen MR) is 64.3 cm³/mol. The molecule has 0 bridgehead atoms. The first-order valence-corrected chi connectivity index (χ1v) is 7.72. The van der Waals surface area contributed by atoms with Crippen LogP contribution in [-0.4, -0.2) is 31.0 Å². The van der Waals surface area contributed by atoms with Gasteiger partial charge in [0.25, 0.3) is 0 Å². The predicted octanol–water partition coefficient (Wildman–Crippen LogP) is 2.24. The number of carboxylic acids is 1. The van der Waals surface area contributed by atoms with E-state index in [-0.39, 0.29) is 24.3 Å². The molecule has 0 aliphatic carbocycles. The molecule has 0 unspecified atom stereocenters. The summed E-state index contributed by atoms with van der Waals surface area (Å²) in [5.41, 5.74) is 0. The van der Waals surface area contributed by atoms with Gasteiger partial charge in [0, 0.05) is 6.42 Å². The highest BCUT2D eigenvalue weighted by Crippen LogP contribution is 2.06. The Balaban J connectivity index is 3.58. The average molecular weight is 250 g/mol. The first-order chi connectivity index (χ1) is 7.48. The average Bonchev–Trinajstić information content (AvgIpc) is 2.16. The highest BCUT2D eigenvalue weighted by atomic mass is 32.2. The second-order valence-corrected chi connectivity index (χ2v) is 6.37. The van der Waals surface area contributed by atoms with E-state index in [1.54, 1.807) is 0 Å². The van der Waals surface area contributed by atoms with Crippen molar-refractivity contribution in [3.63, 3.8) is 0 Å². The highest BCUT2D eigenvalue weighted by Gasteiger charge is 2.10. The van der Waals surface area contributed by atoms with Crippen LogP contribution in [0.4, 0.5) is 0 Å². The van der Waals surface area contributed by atoms with Crippen LogP contribution in [-0.2, 0) is 14.6 Å². The lowest BCUT2D eigenvalue weighted by molar-refractivity contribution is -0.137. The quantitative estimate of drug-likeness (QED) is 0.603. The summed E-state index contributed by atoms with van der Waals surface area (Å²) >= 11 is 0. The van der Waals surface area contributed by atoms with E-state index < -0.39 is 15.8 Å². The Morgan fingerprint density at radius 2 is 1.56 bits per heavy atom. The summed E-state index contributed by atoms with van der Waals surface area (Å²) in [6.45, 7) is 2.11. The number of unbranched alkanes of at least 4 members (excludes halogenated alkanes) is 4. The summed E-state index contributed by atoms with van der Waals surface area (Å²) < 4.78 is 22.9. The molecule has 4 nitrogen and oxygen atoms in total. The van der Waals surface area contributed by atoms with E-state index in [1.807, 2.05) is 0 Å². The van der Waals surface area contributed by atoms with Crippen molar-refractivity contribution < 1.29 is 18.3 Å². The van der Waals surface area contributed by atoms with Crippen LogP contribution in [0.15, 0.2) is 0 Å². The molecule has 0 aliphatic heterocycles. The summed E-state index contributed by atoms with van der Waals surface area (Å²) in [7, 11) is -3.03. The van der Waals surface area contributed by atoms with Gasteiger partial charge >= 0.3 is 5.97 Å². The fourth-order valence-corrected chi connectivity index (χ4v) is 2.90. The Labute approximate surface area is 98.0 Å². The van der Waals surface area contributed by atoms with E-state index in [2.05, 4.69) is 6.92 Å². The molecule has 0 fully saturated rings. The maximum absolute atomic E-state index is 11.5. The molecule has 0 rings (SSSR count). The van der Waals surface area contributed by atoms with E-state index in [1.165, 1.54) is 0 Å². The van der Waals surface area contributed by atoms with E-state index in [0.29, 0.717) is 6.42 Å². The van der Waals surface area contributed by atoms with E-state index >= 15 is 0 Å². The van der Waals surface area contributed by atoms with Gasteiger partial charge in [-0.25, -0.2) is 8.42 Å². The number of aliphatic carboxylic acids is 1. The van der Waals surface area contributed by atoms with Crippen LogP contribution in [0.3, 0.4) is 0 Å². The first-order valence-electron chi connectivity index (χ1n) is 5.90. The molecular weight excluding hydrogens is 228 g/mol. The molecule has 0 heterocycles. The molecule has 0 aromatic heterocycles. The number of hydrogen-bond acceptors (Lipinski definition) is 3. The molecule has 0 atom stereocenters. The van der Waals surface area contributed by atoms with Gasteiger partial charge in [-0.2, -0.15) is 0 Å². The number of carbonyl (C=O) groups is 1. The van der Waals surface area contributed by atoms with Gasteiger partial charge in [-0.1, -0.05) is 32.6 Å². The van der Waals surface area contributed by atoms with Gasteiger partial charge in [0.1, 0.15) is 9.84 Å². The molecule has 0 aliphatic rings. The molecule has 0 saturated carbocycles.